The van der Waals surface area contributed by atoms with Crippen LogP contribution >= 0.6 is 0 Å². The molecule has 4 nitrogen and oxygen atoms in total. The first-order valence-corrected chi connectivity index (χ1v) is 6.71. The molecular weight excluding hydrogens is 250 g/mol. The summed E-state index contributed by atoms with van der Waals surface area (Å²) < 4.78 is 5.36. The molecule has 0 spiro atoms. The van der Waals surface area contributed by atoms with Gasteiger partial charge in [-0.2, -0.15) is 0 Å². The van der Waals surface area contributed by atoms with Crippen LogP contribution in [0.5, 0.6) is 5.75 Å². The Morgan fingerprint density at radius 2 is 1.80 bits per heavy atom. The van der Waals surface area contributed by atoms with Crippen molar-refractivity contribution in [1.82, 2.24) is 9.97 Å². The Hall–Kier alpha value is -2.10. The monoisotopic (exact) mass is 271 g/mol. The fraction of sp³-hybridized carbons (Fsp3) is 0.375. The van der Waals surface area contributed by atoms with Crippen molar-refractivity contribution < 1.29 is 4.74 Å². The van der Waals surface area contributed by atoms with E-state index in [0.29, 0.717) is 5.82 Å². The van der Waals surface area contributed by atoms with Gasteiger partial charge in [-0.05, 0) is 43.0 Å². The first kappa shape index (κ1) is 14.3. The van der Waals surface area contributed by atoms with Crippen LogP contribution in [0.25, 0.3) is 11.3 Å². The average molecular weight is 271 g/mol. The van der Waals surface area contributed by atoms with Gasteiger partial charge in [-0.3, -0.25) is 0 Å². The van der Waals surface area contributed by atoms with E-state index in [4.69, 9.17) is 10.5 Å². The number of methoxy groups -OCH3 is 1. The molecule has 1 aromatic carbocycles. The standard InChI is InChI=1S/C16H21N3O/c1-9(2)14-15(18-8-19-16(14)17)12-6-11(4)13(20-5)7-10(12)3/h6-9H,1-5H3,(H2,17,18,19). The minimum absolute atomic E-state index is 0.271. The number of hydrogen-bond acceptors (Lipinski definition) is 4. The van der Waals surface area contributed by atoms with Crippen molar-refractivity contribution in [3.8, 4) is 17.0 Å². The second kappa shape index (κ2) is 5.49. The van der Waals surface area contributed by atoms with Crippen molar-refractivity contribution in [2.24, 2.45) is 0 Å². The molecule has 0 saturated heterocycles. The summed E-state index contributed by atoms with van der Waals surface area (Å²) in [4.78, 5) is 8.57. The Labute approximate surface area is 120 Å². The zero-order valence-corrected chi connectivity index (χ0v) is 12.7. The number of aryl methyl sites for hydroxylation is 2. The van der Waals surface area contributed by atoms with Gasteiger partial charge in [-0.15, -0.1) is 0 Å². The summed E-state index contributed by atoms with van der Waals surface area (Å²) in [6.45, 7) is 8.29. The number of aromatic nitrogens is 2. The van der Waals surface area contributed by atoms with E-state index in [0.717, 1.165) is 33.7 Å². The van der Waals surface area contributed by atoms with Crippen LogP contribution in [0.1, 0.15) is 36.5 Å². The molecule has 20 heavy (non-hydrogen) atoms. The first-order chi connectivity index (χ1) is 9.45. The van der Waals surface area contributed by atoms with Crippen LogP contribution in [0.2, 0.25) is 0 Å². The van der Waals surface area contributed by atoms with Gasteiger partial charge in [0.25, 0.3) is 0 Å². The zero-order valence-electron chi connectivity index (χ0n) is 12.7. The van der Waals surface area contributed by atoms with E-state index in [1.807, 2.05) is 13.0 Å². The highest BCUT2D eigenvalue weighted by molar-refractivity contribution is 5.72. The van der Waals surface area contributed by atoms with Gasteiger partial charge in [0.05, 0.1) is 12.8 Å². The van der Waals surface area contributed by atoms with Crippen molar-refractivity contribution in [3.05, 3.63) is 35.2 Å². The van der Waals surface area contributed by atoms with Crippen molar-refractivity contribution >= 4 is 5.82 Å². The third-order valence-corrected chi connectivity index (χ3v) is 3.49. The van der Waals surface area contributed by atoms with Crippen LogP contribution < -0.4 is 10.5 Å². The topological polar surface area (TPSA) is 61.0 Å². The molecule has 0 radical (unpaired) electrons. The van der Waals surface area contributed by atoms with Crippen molar-refractivity contribution in [2.45, 2.75) is 33.6 Å². The molecule has 0 saturated carbocycles. The highest BCUT2D eigenvalue weighted by atomic mass is 16.5. The lowest BCUT2D eigenvalue weighted by atomic mass is 9.94. The average Bonchev–Trinajstić information content (AvgIpc) is 2.40. The van der Waals surface area contributed by atoms with Crippen molar-refractivity contribution in [3.63, 3.8) is 0 Å². The molecule has 4 heteroatoms. The largest absolute Gasteiger partial charge is 0.496 e. The Balaban J connectivity index is 2.69. The van der Waals surface area contributed by atoms with Gasteiger partial charge >= 0.3 is 0 Å². The number of benzene rings is 1. The number of anilines is 1. The lowest BCUT2D eigenvalue weighted by Gasteiger charge is -2.16. The highest BCUT2D eigenvalue weighted by Gasteiger charge is 2.17. The molecule has 2 rings (SSSR count). The lowest BCUT2D eigenvalue weighted by molar-refractivity contribution is 0.411. The Bertz CT molecular complexity index is 636. The van der Waals surface area contributed by atoms with Gasteiger partial charge in [0.15, 0.2) is 0 Å². The maximum absolute atomic E-state index is 6.03. The molecule has 2 aromatic rings. The fourth-order valence-electron chi connectivity index (χ4n) is 2.46. The predicted octanol–water partition coefficient (Wildman–Crippen LogP) is 3.47. The molecular formula is C16H21N3O. The summed E-state index contributed by atoms with van der Waals surface area (Å²) in [5.41, 5.74) is 11.2. The molecule has 106 valence electrons. The third-order valence-electron chi connectivity index (χ3n) is 3.49. The second-order valence-electron chi connectivity index (χ2n) is 5.31. The Morgan fingerprint density at radius 3 is 2.40 bits per heavy atom. The molecule has 2 N–H and O–H groups in total. The summed E-state index contributed by atoms with van der Waals surface area (Å²) in [6.07, 6.45) is 1.52. The summed E-state index contributed by atoms with van der Waals surface area (Å²) in [7, 11) is 1.68. The van der Waals surface area contributed by atoms with E-state index in [1.165, 1.54) is 6.33 Å². The summed E-state index contributed by atoms with van der Waals surface area (Å²) in [5.74, 6) is 1.71. The summed E-state index contributed by atoms with van der Waals surface area (Å²) in [6, 6.07) is 4.13. The normalized spacial score (nSPS) is 10.9. The van der Waals surface area contributed by atoms with Crippen LogP contribution in [-0.4, -0.2) is 17.1 Å². The minimum atomic E-state index is 0.271. The maximum atomic E-state index is 6.03. The summed E-state index contributed by atoms with van der Waals surface area (Å²) >= 11 is 0. The van der Waals surface area contributed by atoms with Crippen LogP contribution in [-0.2, 0) is 0 Å². The number of hydrogen-bond donors (Lipinski definition) is 1. The van der Waals surface area contributed by atoms with E-state index in [1.54, 1.807) is 7.11 Å². The van der Waals surface area contributed by atoms with Crippen LogP contribution in [0.15, 0.2) is 18.5 Å². The molecule has 0 aliphatic carbocycles. The van der Waals surface area contributed by atoms with Gasteiger partial charge in [0.2, 0.25) is 0 Å². The van der Waals surface area contributed by atoms with Gasteiger partial charge in [-0.1, -0.05) is 13.8 Å². The molecule has 0 aliphatic rings. The molecule has 0 unspecified atom stereocenters. The molecule has 0 bridgehead atoms. The number of ether oxygens (including phenoxy) is 1. The van der Waals surface area contributed by atoms with Gasteiger partial charge in [0.1, 0.15) is 17.9 Å². The number of nitrogen functional groups attached to an aromatic ring is 1. The molecule has 1 aromatic heterocycles. The lowest BCUT2D eigenvalue weighted by Crippen LogP contribution is -2.05. The van der Waals surface area contributed by atoms with Gasteiger partial charge in [-0.25, -0.2) is 9.97 Å². The van der Waals surface area contributed by atoms with E-state index in [2.05, 4.69) is 36.8 Å². The predicted molar refractivity (Wildman–Crippen MR) is 82.0 cm³/mol. The highest BCUT2D eigenvalue weighted by Crippen LogP contribution is 2.35. The van der Waals surface area contributed by atoms with Crippen molar-refractivity contribution in [1.29, 1.82) is 0 Å². The Kier molecular flexibility index (Phi) is 3.93. The number of nitrogens with two attached hydrogens (primary N) is 1. The van der Waals surface area contributed by atoms with Gasteiger partial charge < -0.3 is 10.5 Å². The second-order valence-corrected chi connectivity index (χ2v) is 5.31. The molecule has 0 atom stereocenters. The van der Waals surface area contributed by atoms with Crippen LogP contribution in [0.3, 0.4) is 0 Å². The van der Waals surface area contributed by atoms with Crippen molar-refractivity contribution in [2.75, 3.05) is 12.8 Å². The quantitative estimate of drug-likeness (QED) is 0.928. The molecule has 1 heterocycles. The number of nitrogens with zero attached hydrogens (tertiary/aromatic N) is 2. The summed E-state index contributed by atoms with van der Waals surface area (Å²) in [5, 5.41) is 0. The van der Waals surface area contributed by atoms with Crippen LogP contribution in [0.4, 0.5) is 5.82 Å². The van der Waals surface area contributed by atoms with E-state index in [9.17, 15) is 0 Å². The molecule has 0 fully saturated rings. The Morgan fingerprint density at radius 1 is 1.10 bits per heavy atom. The first-order valence-electron chi connectivity index (χ1n) is 6.71. The third kappa shape index (κ3) is 2.46. The van der Waals surface area contributed by atoms with E-state index >= 15 is 0 Å². The minimum Gasteiger partial charge on any atom is -0.496 e. The smallest absolute Gasteiger partial charge is 0.130 e. The van der Waals surface area contributed by atoms with Crippen LogP contribution in [0, 0.1) is 13.8 Å². The maximum Gasteiger partial charge on any atom is 0.130 e. The molecule has 0 aliphatic heterocycles. The zero-order chi connectivity index (χ0) is 14.9. The van der Waals surface area contributed by atoms with Gasteiger partial charge in [0, 0.05) is 11.1 Å². The van der Waals surface area contributed by atoms with E-state index < -0.39 is 0 Å². The van der Waals surface area contributed by atoms with E-state index in [-0.39, 0.29) is 5.92 Å². The fourth-order valence-corrected chi connectivity index (χ4v) is 2.46. The number of rotatable bonds is 3. The molecule has 0 amide bonds. The SMILES string of the molecule is COc1cc(C)c(-c2ncnc(N)c2C(C)C)cc1C.